The normalized spacial score (nSPS) is 10.3. The third kappa shape index (κ3) is 3.27. The molecule has 2 aromatic carbocycles. The lowest BCUT2D eigenvalue weighted by Crippen LogP contribution is -2.00. The Hall–Kier alpha value is -2.59. The molecule has 1 aromatic heterocycles. The van der Waals surface area contributed by atoms with E-state index < -0.39 is 0 Å². The molecule has 1 heterocycles. The molecule has 0 spiro atoms. The van der Waals surface area contributed by atoms with Crippen LogP contribution < -0.4 is 4.74 Å². The van der Waals surface area contributed by atoms with Crippen LogP contribution in [0.1, 0.15) is 10.4 Å². The third-order valence-corrected chi connectivity index (χ3v) is 4.75. The van der Waals surface area contributed by atoms with Crippen LogP contribution in [0.4, 0.5) is 0 Å². The fourth-order valence-electron chi connectivity index (χ4n) is 2.29. The van der Waals surface area contributed by atoms with Crippen LogP contribution in [0.2, 0.25) is 0 Å². The molecule has 0 saturated heterocycles. The van der Waals surface area contributed by atoms with Crippen LogP contribution in [0.25, 0.3) is 20.9 Å². The number of methoxy groups -OCH3 is 2. The first-order chi connectivity index (χ1) is 11.2. The van der Waals surface area contributed by atoms with Crippen LogP contribution in [0.15, 0.2) is 60.7 Å². The standard InChI is InChI=1S/C19H16O3S/c1-21-16-9-7-14(8-10-16)18-12-11-17(23-18)13-3-5-15(6-4-13)19(20)22-2/h3-12H,1-2H3. The van der Waals surface area contributed by atoms with E-state index in [1.54, 1.807) is 30.6 Å². The summed E-state index contributed by atoms with van der Waals surface area (Å²) in [6, 6.07) is 19.7. The fourth-order valence-corrected chi connectivity index (χ4v) is 3.31. The number of hydrogen-bond acceptors (Lipinski definition) is 4. The molecule has 3 rings (SSSR count). The fraction of sp³-hybridized carbons (Fsp3) is 0.105. The van der Waals surface area contributed by atoms with E-state index in [1.807, 2.05) is 24.3 Å². The van der Waals surface area contributed by atoms with Crippen molar-refractivity contribution >= 4 is 17.3 Å². The van der Waals surface area contributed by atoms with E-state index in [2.05, 4.69) is 24.3 Å². The lowest BCUT2D eigenvalue weighted by Gasteiger charge is -2.02. The van der Waals surface area contributed by atoms with E-state index in [-0.39, 0.29) is 5.97 Å². The van der Waals surface area contributed by atoms with Crippen LogP contribution in [0, 0.1) is 0 Å². The molecule has 0 radical (unpaired) electrons. The summed E-state index contributed by atoms with van der Waals surface area (Å²) >= 11 is 1.72. The minimum Gasteiger partial charge on any atom is -0.497 e. The highest BCUT2D eigenvalue weighted by Gasteiger charge is 2.08. The SMILES string of the molecule is COC(=O)c1ccc(-c2ccc(-c3ccc(OC)cc3)s2)cc1. The van der Waals surface area contributed by atoms with Crippen molar-refractivity contribution in [1.82, 2.24) is 0 Å². The minimum absolute atomic E-state index is 0.318. The summed E-state index contributed by atoms with van der Waals surface area (Å²) in [5, 5.41) is 0. The van der Waals surface area contributed by atoms with Crippen molar-refractivity contribution in [2.75, 3.05) is 14.2 Å². The predicted molar refractivity (Wildman–Crippen MR) is 93.1 cm³/mol. The van der Waals surface area contributed by atoms with Crippen molar-refractivity contribution in [2.45, 2.75) is 0 Å². The van der Waals surface area contributed by atoms with Crippen molar-refractivity contribution in [3.05, 3.63) is 66.2 Å². The molecule has 0 N–H and O–H groups in total. The number of thiophene rings is 1. The molecule has 3 aromatic rings. The number of esters is 1. The Bertz CT molecular complexity index is 801. The van der Waals surface area contributed by atoms with Gasteiger partial charge in [-0.2, -0.15) is 0 Å². The second-order valence-electron chi connectivity index (χ2n) is 4.96. The van der Waals surface area contributed by atoms with Gasteiger partial charge in [-0.05, 0) is 59.7 Å². The van der Waals surface area contributed by atoms with Crippen LogP contribution >= 0.6 is 11.3 Å². The summed E-state index contributed by atoms with van der Waals surface area (Å²) in [6.07, 6.45) is 0. The number of rotatable bonds is 4. The predicted octanol–water partition coefficient (Wildman–Crippen LogP) is 4.88. The van der Waals surface area contributed by atoms with Crippen molar-refractivity contribution < 1.29 is 14.3 Å². The first-order valence-electron chi connectivity index (χ1n) is 7.14. The summed E-state index contributed by atoms with van der Waals surface area (Å²) < 4.78 is 9.90. The van der Waals surface area contributed by atoms with Crippen molar-refractivity contribution in [2.24, 2.45) is 0 Å². The maximum atomic E-state index is 11.5. The Labute approximate surface area is 139 Å². The van der Waals surface area contributed by atoms with Gasteiger partial charge in [-0.3, -0.25) is 0 Å². The molecule has 0 bridgehead atoms. The molecule has 3 nitrogen and oxygen atoms in total. The molecule has 0 fully saturated rings. The monoisotopic (exact) mass is 324 g/mol. The highest BCUT2D eigenvalue weighted by Crippen LogP contribution is 2.35. The zero-order valence-electron chi connectivity index (χ0n) is 12.9. The molecule has 4 heteroatoms. The summed E-state index contributed by atoms with van der Waals surface area (Å²) in [5.41, 5.74) is 2.80. The van der Waals surface area contributed by atoms with Crippen molar-refractivity contribution in [3.8, 4) is 26.6 Å². The van der Waals surface area contributed by atoms with Gasteiger partial charge >= 0.3 is 5.97 Å². The average molecular weight is 324 g/mol. The second-order valence-corrected chi connectivity index (χ2v) is 6.05. The van der Waals surface area contributed by atoms with Gasteiger partial charge in [-0.15, -0.1) is 11.3 Å². The van der Waals surface area contributed by atoms with Gasteiger partial charge in [0.25, 0.3) is 0 Å². The van der Waals surface area contributed by atoms with E-state index in [1.165, 1.54) is 12.0 Å². The molecular formula is C19H16O3S. The van der Waals surface area contributed by atoms with Crippen molar-refractivity contribution in [1.29, 1.82) is 0 Å². The van der Waals surface area contributed by atoms with Crippen LogP contribution in [0.5, 0.6) is 5.75 Å². The van der Waals surface area contributed by atoms with Gasteiger partial charge in [-0.1, -0.05) is 12.1 Å². The van der Waals surface area contributed by atoms with E-state index in [0.29, 0.717) is 5.56 Å². The maximum absolute atomic E-state index is 11.5. The molecule has 0 unspecified atom stereocenters. The van der Waals surface area contributed by atoms with E-state index in [9.17, 15) is 4.79 Å². The first kappa shape index (κ1) is 15.3. The Balaban J connectivity index is 1.84. The summed E-state index contributed by atoms with van der Waals surface area (Å²) in [7, 11) is 3.05. The first-order valence-corrected chi connectivity index (χ1v) is 7.96. The van der Waals surface area contributed by atoms with Gasteiger partial charge in [0.2, 0.25) is 0 Å². The van der Waals surface area contributed by atoms with E-state index in [0.717, 1.165) is 21.8 Å². The molecule has 0 amide bonds. The third-order valence-electron chi connectivity index (χ3n) is 3.57. The van der Waals surface area contributed by atoms with Gasteiger partial charge in [0, 0.05) is 9.75 Å². The minimum atomic E-state index is -0.318. The van der Waals surface area contributed by atoms with Gasteiger partial charge in [0.15, 0.2) is 0 Å². The second kappa shape index (κ2) is 6.67. The Kier molecular flexibility index (Phi) is 4.44. The van der Waals surface area contributed by atoms with Gasteiger partial charge in [-0.25, -0.2) is 4.79 Å². The number of hydrogen-bond donors (Lipinski definition) is 0. The molecule has 116 valence electrons. The molecule has 23 heavy (non-hydrogen) atoms. The number of carbonyl (C=O) groups excluding carboxylic acids is 1. The molecule has 0 aliphatic rings. The molecular weight excluding hydrogens is 308 g/mol. The quantitative estimate of drug-likeness (QED) is 0.642. The van der Waals surface area contributed by atoms with Crippen LogP contribution in [-0.4, -0.2) is 20.2 Å². The maximum Gasteiger partial charge on any atom is 0.337 e. The van der Waals surface area contributed by atoms with E-state index >= 15 is 0 Å². The largest absolute Gasteiger partial charge is 0.497 e. The van der Waals surface area contributed by atoms with Crippen LogP contribution in [0.3, 0.4) is 0 Å². The number of carbonyl (C=O) groups is 1. The lowest BCUT2D eigenvalue weighted by molar-refractivity contribution is 0.0601. The van der Waals surface area contributed by atoms with E-state index in [4.69, 9.17) is 9.47 Å². The molecule has 0 aliphatic heterocycles. The zero-order valence-corrected chi connectivity index (χ0v) is 13.7. The number of benzene rings is 2. The zero-order chi connectivity index (χ0) is 16.2. The van der Waals surface area contributed by atoms with Crippen molar-refractivity contribution in [3.63, 3.8) is 0 Å². The molecule has 0 saturated carbocycles. The lowest BCUT2D eigenvalue weighted by atomic mass is 10.1. The summed E-state index contributed by atoms with van der Waals surface area (Å²) in [6.45, 7) is 0. The Morgan fingerprint density at radius 2 is 1.30 bits per heavy atom. The highest BCUT2D eigenvalue weighted by atomic mass is 32.1. The number of ether oxygens (including phenoxy) is 2. The smallest absolute Gasteiger partial charge is 0.337 e. The summed E-state index contributed by atoms with van der Waals surface area (Å²) in [5.74, 6) is 0.533. The molecule has 0 aliphatic carbocycles. The Morgan fingerprint density at radius 3 is 1.78 bits per heavy atom. The molecule has 0 atom stereocenters. The van der Waals surface area contributed by atoms with Crippen LogP contribution in [-0.2, 0) is 4.74 Å². The summed E-state index contributed by atoms with van der Waals surface area (Å²) in [4.78, 5) is 13.8. The average Bonchev–Trinajstić information content (AvgIpc) is 3.11. The Morgan fingerprint density at radius 1 is 0.783 bits per heavy atom. The van der Waals surface area contributed by atoms with Gasteiger partial charge < -0.3 is 9.47 Å². The topological polar surface area (TPSA) is 35.5 Å². The van der Waals surface area contributed by atoms with Gasteiger partial charge in [0.05, 0.1) is 19.8 Å². The highest BCUT2D eigenvalue weighted by molar-refractivity contribution is 7.18. The van der Waals surface area contributed by atoms with Gasteiger partial charge in [0.1, 0.15) is 5.75 Å².